The molecule has 1 heterocycles. The van der Waals surface area contributed by atoms with Gasteiger partial charge in [0, 0.05) is 20.1 Å². The van der Waals surface area contributed by atoms with Gasteiger partial charge in [0.05, 0.1) is 10.8 Å². The lowest BCUT2D eigenvalue weighted by Crippen LogP contribution is -2.25. The van der Waals surface area contributed by atoms with Gasteiger partial charge in [-0.1, -0.05) is 11.8 Å². The molecule has 0 saturated heterocycles. The van der Waals surface area contributed by atoms with Gasteiger partial charge in [0.1, 0.15) is 11.4 Å². The monoisotopic (exact) mass is 298 g/mol. The molecule has 4 nitrogen and oxygen atoms in total. The van der Waals surface area contributed by atoms with Gasteiger partial charge in [-0.15, -0.1) is 0 Å². The highest BCUT2D eigenvalue weighted by molar-refractivity contribution is 7.99. The lowest BCUT2D eigenvalue weighted by molar-refractivity contribution is -0.151. The second-order valence-corrected chi connectivity index (χ2v) is 6.63. The number of carbonyl (C=O) groups excluding carboxylic acids is 1. The Morgan fingerprint density at radius 1 is 1.30 bits per heavy atom. The molecule has 1 aromatic heterocycles. The van der Waals surface area contributed by atoms with E-state index in [9.17, 15) is 4.79 Å². The number of anilines is 1. The Kier molecular flexibility index (Phi) is 5.99. The van der Waals surface area contributed by atoms with Crippen LogP contribution in [0.2, 0.25) is 0 Å². The van der Waals surface area contributed by atoms with E-state index < -0.39 is 5.60 Å². The predicted octanol–water partition coefficient (Wildman–Crippen LogP) is 3.31. The number of aromatic nitrogens is 1. The largest absolute Gasteiger partial charge is 0.459 e. The molecule has 0 fully saturated rings. The summed E-state index contributed by atoms with van der Waals surface area (Å²) in [7, 11) is 2.03. The van der Waals surface area contributed by atoms with E-state index in [1.165, 1.54) is 17.6 Å². The number of ether oxygens (including phenoxy) is 1. The molecule has 0 radical (unpaired) electrons. The summed E-state index contributed by atoms with van der Waals surface area (Å²) in [6.07, 6.45) is 0. The molecule has 0 aliphatic rings. The third-order valence-electron chi connectivity index (χ3n) is 2.89. The van der Waals surface area contributed by atoms with Crippen molar-refractivity contribution in [2.75, 3.05) is 23.7 Å². The predicted molar refractivity (Wildman–Crippen MR) is 85.5 cm³/mol. The second-order valence-electron chi connectivity index (χ2n) is 5.64. The summed E-state index contributed by atoms with van der Waals surface area (Å²) >= 11 is 1.52. The van der Waals surface area contributed by atoms with Crippen LogP contribution in [0, 0.1) is 0 Å². The van der Waals surface area contributed by atoms with Gasteiger partial charge in [0.25, 0.3) is 0 Å². The van der Waals surface area contributed by atoms with Crippen LogP contribution in [-0.2, 0) is 16.6 Å². The number of rotatable bonds is 6. The SMILES string of the molecule is CCN(CC)c1ccc(SCC(=O)OC(C)(C)C)n1C. The third kappa shape index (κ3) is 4.78. The summed E-state index contributed by atoms with van der Waals surface area (Å²) in [6, 6.07) is 4.16. The Morgan fingerprint density at radius 2 is 1.90 bits per heavy atom. The van der Waals surface area contributed by atoms with E-state index in [1.807, 2.05) is 27.8 Å². The molecule has 1 aromatic rings. The van der Waals surface area contributed by atoms with E-state index in [-0.39, 0.29) is 5.97 Å². The fraction of sp³-hybridized carbons (Fsp3) is 0.667. The lowest BCUT2D eigenvalue weighted by atomic mass is 10.2. The van der Waals surface area contributed by atoms with Crippen molar-refractivity contribution in [3.05, 3.63) is 12.1 Å². The van der Waals surface area contributed by atoms with Crippen molar-refractivity contribution in [1.29, 1.82) is 0 Å². The van der Waals surface area contributed by atoms with Gasteiger partial charge in [-0.3, -0.25) is 4.79 Å². The van der Waals surface area contributed by atoms with Crippen molar-refractivity contribution < 1.29 is 9.53 Å². The van der Waals surface area contributed by atoms with Crippen molar-refractivity contribution in [2.45, 2.75) is 45.2 Å². The van der Waals surface area contributed by atoms with Crippen LogP contribution < -0.4 is 4.90 Å². The smallest absolute Gasteiger partial charge is 0.316 e. The van der Waals surface area contributed by atoms with Crippen LogP contribution in [0.15, 0.2) is 17.2 Å². The van der Waals surface area contributed by atoms with Gasteiger partial charge in [0.2, 0.25) is 0 Å². The Labute approximate surface area is 126 Å². The average Bonchev–Trinajstić information content (AvgIpc) is 2.69. The first-order valence-corrected chi connectivity index (χ1v) is 8.02. The fourth-order valence-electron chi connectivity index (χ4n) is 2.00. The van der Waals surface area contributed by atoms with E-state index >= 15 is 0 Å². The summed E-state index contributed by atoms with van der Waals surface area (Å²) in [5, 5.41) is 1.08. The normalized spacial score (nSPS) is 11.5. The molecule has 0 atom stereocenters. The summed E-state index contributed by atoms with van der Waals surface area (Å²) in [4.78, 5) is 14.0. The Hall–Kier alpha value is -1.10. The molecule has 1 rings (SSSR count). The average molecular weight is 298 g/mol. The van der Waals surface area contributed by atoms with Crippen LogP contribution in [0.25, 0.3) is 0 Å². The van der Waals surface area contributed by atoms with Gasteiger partial charge in [0.15, 0.2) is 0 Å². The van der Waals surface area contributed by atoms with Gasteiger partial charge in [-0.25, -0.2) is 0 Å². The number of carbonyl (C=O) groups is 1. The molecular weight excluding hydrogens is 272 g/mol. The minimum atomic E-state index is -0.418. The molecule has 0 aliphatic carbocycles. The molecule has 0 amide bonds. The van der Waals surface area contributed by atoms with Crippen LogP contribution in [0.1, 0.15) is 34.6 Å². The first-order chi connectivity index (χ1) is 9.28. The van der Waals surface area contributed by atoms with E-state index in [0.717, 1.165) is 18.1 Å². The van der Waals surface area contributed by atoms with Crippen LogP contribution in [0.4, 0.5) is 5.82 Å². The standard InChI is InChI=1S/C15H26N2O2S/c1-7-17(8-2)12-9-10-13(16(12)6)20-11-14(18)19-15(3,4)5/h9-10H,7-8,11H2,1-6H3. The number of hydrogen-bond acceptors (Lipinski definition) is 4. The van der Waals surface area contributed by atoms with Crippen LogP contribution in [0.3, 0.4) is 0 Å². The Balaban J connectivity index is 2.64. The Morgan fingerprint density at radius 3 is 2.40 bits per heavy atom. The maximum Gasteiger partial charge on any atom is 0.316 e. The minimum absolute atomic E-state index is 0.173. The number of nitrogens with zero attached hydrogens (tertiary/aromatic N) is 2. The van der Waals surface area contributed by atoms with E-state index in [4.69, 9.17) is 4.74 Å². The highest BCUT2D eigenvalue weighted by atomic mass is 32.2. The van der Waals surface area contributed by atoms with Crippen LogP contribution in [0.5, 0.6) is 0 Å². The summed E-state index contributed by atoms with van der Waals surface area (Å²) in [6.45, 7) is 11.9. The molecule has 0 spiro atoms. The minimum Gasteiger partial charge on any atom is -0.459 e. The summed E-state index contributed by atoms with van der Waals surface area (Å²) < 4.78 is 7.44. The van der Waals surface area contributed by atoms with Gasteiger partial charge < -0.3 is 14.2 Å². The highest BCUT2D eigenvalue weighted by Crippen LogP contribution is 2.26. The zero-order valence-corrected chi connectivity index (χ0v) is 14.2. The van der Waals surface area contributed by atoms with E-state index in [0.29, 0.717) is 5.75 Å². The number of hydrogen-bond donors (Lipinski definition) is 0. The number of esters is 1. The molecule has 0 saturated carbocycles. The maximum absolute atomic E-state index is 11.7. The number of thioether (sulfide) groups is 1. The van der Waals surface area contributed by atoms with Crippen LogP contribution in [-0.4, -0.2) is 35.0 Å². The quantitative estimate of drug-likeness (QED) is 0.596. The topological polar surface area (TPSA) is 34.5 Å². The van der Waals surface area contributed by atoms with Gasteiger partial charge >= 0.3 is 5.97 Å². The van der Waals surface area contributed by atoms with E-state index in [1.54, 1.807) is 0 Å². The van der Waals surface area contributed by atoms with Crippen molar-refractivity contribution >= 4 is 23.5 Å². The first-order valence-electron chi connectivity index (χ1n) is 7.03. The second kappa shape index (κ2) is 7.07. The molecule has 20 heavy (non-hydrogen) atoms. The van der Waals surface area contributed by atoms with Crippen molar-refractivity contribution in [3.63, 3.8) is 0 Å². The molecule has 0 aliphatic heterocycles. The lowest BCUT2D eigenvalue weighted by Gasteiger charge is -2.22. The Bertz CT molecular complexity index is 445. The molecule has 0 N–H and O–H groups in total. The molecular formula is C15H26N2O2S. The summed E-state index contributed by atoms with van der Waals surface area (Å²) in [5.74, 6) is 1.35. The maximum atomic E-state index is 11.7. The van der Waals surface area contributed by atoms with Crippen LogP contribution >= 0.6 is 11.8 Å². The van der Waals surface area contributed by atoms with Gasteiger partial charge in [-0.2, -0.15) is 0 Å². The van der Waals surface area contributed by atoms with Crippen molar-refractivity contribution in [2.24, 2.45) is 7.05 Å². The molecule has 0 bridgehead atoms. The fourth-order valence-corrected chi connectivity index (χ4v) is 2.77. The molecule has 5 heteroatoms. The summed E-state index contributed by atoms with van der Waals surface area (Å²) in [5.41, 5.74) is -0.418. The third-order valence-corrected chi connectivity index (χ3v) is 3.98. The molecule has 0 unspecified atom stereocenters. The highest BCUT2D eigenvalue weighted by Gasteiger charge is 2.17. The van der Waals surface area contributed by atoms with E-state index in [2.05, 4.69) is 35.4 Å². The first kappa shape index (κ1) is 17.0. The molecule has 114 valence electrons. The molecule has 0 aromatic carbocycles. The van der Waals surface area contributed by atoms with Crippen molar-refractivity contribution in [3.8, 4) is 0 Å². The van der Waals surface area contributed by atoms with Gasteiger partial charge in [-0.05, 0) is 46.8 Å². The zero-order chi connectivity index (χ0) is 15.3. The zero-order valence-electron chi connectivity index (χ0n) is 13.4. The van der Waals surface area contributed by atoms with Crippen molar-refractivity contribution in [1.82, 2.24) is 4.57 Å².